The maximum absolute atomic E-state index is 14.2. The molecule has 0 amide bonds. The lowest BCUT2D eigenvalue weighted by atomic mass is 10.1. The largest absolute Gasteiger partial charge is 0.395 e. The van der Waals surface area contributed by atoms with E-state index in [1.165, 1.54) is 0 Å². The molecule has 0 atom stereocenters. The van der Waals surface area contributed by atoms with E-state index in [0.29, 0.717) is 18.8 Å². The van der Waals surface area contributed by atoms with Gasteiger partial charge in [-0.1, -0.05) is 6.07 Å². The fraction of sp³-hybridized carbons (Fsp3) is 0.600. The summed E-state index contributed by atoms with van der Waals surface area (Å²) < 4.78 is 14.2. The van der Waals surface area contributed by atoms with E-state index in [0.717, 1.165) is 38.2 Å². The van der Waals surface area contributed by atoms with E-state index in [1.807, 2.05) is 19.2 Å². The van der Waals surface area contributed by atoms with Gasteiger partial charge in [-0.05, 0) is 37.7 Å². The van der Waals surface area contributed by atoms with Crippen molar-refractivity contribution < 1.29 is 9.50 Å². The summed E-state index contributed by atoms with van der Waals surface area (Å²) in [5.41, 5.74) is 1.65. The number of β-amino-alcohol motifs (C(OH)–C–C–N with tert-alkyl or cyclic N) is 1. The first-order valence-electron chi connectivity index (χ1n) is 7.26. The van der Waals surface area contributed by atoms with Gasteiger partial charge in [-0.15, -0.1) is 0 Å². The normalized spacial score (nSPS) is 17.2. The summed E-state index contributed by atoms with van der Waals surface area (Å²) in [5.74, 6) is -0.145. The SMILES string of the molecule is CNCc1ccc(N2CCCN(CCO)CC2)c(F)c1. The first-order chi connectivity index (χ1) is 9.74. The molecule has 0 aliphatic carbocycles. The molecule has 2 rings (SSSR count). The van der Waals surface area contributed by atoms with Gasteiger partial charge in [0.2, 0.25) is 0 Å². The highest BCUT2D eigenvalue weighted by molar-refractivity contribution is 5.49. The van der Waals surface area contributed by atoms with Gasteiger partial charge in [0, 0.05) is 32.7 Å². The van der Waals surface area contributed by atoms with E-state index in [1.54, 1.807) is 6.07 Å². The molecule has 0 aromatic heterocycles. The third-order valence-corrected chi connectivity index (χ3v) is 3.74. The molecule has 5 heteroatoms. The second kappa shape index (κ2) is 7.57. The zero-order valence-corrected chi connectivity index (χ0v) is 12.1. The van der Waals surface area contributed by atoms with Crippen LogP contribution in [0.25, 0.3) is 0 Å². The van der Waals surface area contributed by atoms with Gasteiger partial charge in [0.25, 0.3) is 0 Å². The zero-order chi connectivity index (χ0) is 14.4. The van der Waals surface area contributed by atoms with Crippen molar-refractivity contribution >= 4 is 5.69 Å². The van der Waals surface area contributed by atoms with Crippen molar-refractivity contribution in [2.24, 2.45) is 0 Å². The monoisotopic (exact) mass is 281 g/mol. The number of halogens is 1. The van der Waals surface area contributed by atoms with E-state index in [4.69, 9.17) is 5.11 Å². The van der Waals surface area contributed by atoms with Crippen LogP contribution in [0.15, 0.2) is 18.2 Å². The molecule has 20 heavy (non-hydrogen) atoms. The standard InChI is InChI=1S/C15H24FN3O/c1-17-12-13-3-4-15(14(16)11-13)19-6-2-5-18(7-8-19)9-10-20/h3-4,11,17,20H,2,5-10,12H2,1H3. The third kappa shape index (κ3) is 3.91. The lowest BCUT2D eigenvalue weighted by Gasteiger charge is -2.24. The second-order valence-electron chi connectivity index (χ2n) is 5.22. The summed E-state index contributed by atoms with van der Waals surface area (Å²) in [5, 5.41) is 12.0. The number of anilines is 1. The molecule has 0 spiro atoms. The molecule has 0 saturated carbocycles. The summed E-state index contributed by atoms with van der Waals surface area (Å²) in [6, 6.07) is 5.47. The second-order valence-corrected chi connectivity index (χ2v) is 5.22. The Bertz CT molecular complexity index is 428. The van der Waals surface area contributed by atoms with Crippen LogP contribution in [0.4, 0.5) is 10.1 Å². The molecular formula is C15H24FN3O. The minimum atomic E-state index is -0.145. The average molecular weight is 281 g/mol. The summed E-state index contributed by atoms with van der Waals surface area (Å²) in [4.78, 5) is 4.34. The molecule has 1 aromatic carbocycles. The van der Waals surface area contributed by atoms with Crippen molar-refractivity contribution in [2.75, 3.05) is 51.3 Å². The number of aliphatic hydroxyl groups excluding tert-OH is 1. The minimum Gasteiger partial charge on any atom is -0.395 e. The summed E-state index contributed by atoms with van der Waals surface area (Å²) in [6.07, 6.45) is 0.998. The maximum Gasteiger partial charge on any atom is 0.146 e. The Labute approximate surface area is 120 Å². The van der Waals surface area contributed by atoms with E-state index < -0.39 is 0 Å². The average Bonchev–Trinajstić information content (AvgIpc) is 2.66. The van der Waals surface area contributed by atoms with Crippen molar-refractivity contribution in [1.82, 2.24) is 10.2 Å². The van der Waals surface area contributed by atoms with Crippen LogP contribution in [0.1, 0.15) is 12.0 Å². The Kier molecular flexibility index (Phi) is 5.76. The Morgan fingerprint density at radius 1 is 1.25 bits per heavy atom. The number of benzene rings is 1. The predicted molar refractivity (Wildman–Crippen MR) is 79.5 cm³/mol. The first-order valence-corrected chi connectivity index (χ1v) is 7.26. The molecule has 0 radical (unpaired) electrons. The lowest BCUT2D eigenvalue weighted by Crippen LogP contribution is -2.32. The van der Waals surface area contributed by atoms with Gasteiger partial charge in [-0.2, -0.15) is 0 Å². The Balaban J connectivity index is 2.03. The fourth-order valence-electron chi connectivity index (χ4n) is 2.70. The van der Waals surface area contributed by atoms with Gasteiger partial charge in [0.1, 0.15) is 5.82 Å². The lowest BCUT2D eigenvalue weighted by molar-refractivity contribution is 0.204. The fourth-order valence-corrected chi connectivity index (χ4v) is 2.70. The Morgan fingerprint density at radius 3 is 2.80 bits per heavy atom. The van der Waals surface area contributed by atoms with Crippen LogP contribution in [0.2, 0.25) is 0 Å². The van der Waals surface area contributed by atoms with Crippen molar-refractivity contribution in [2.45, 2.75) is 13.0 Å². The van der Waals surface area contributed by atoms with E-state index >= 15 is 0 Å². The number of nitrogens with zero attached hydrogens (tertiary/aromatic N) is 2. The van der Waals surface area contributed by atoms with Crippen molar-refractivity contribution in [3.8, 4) is 0 Å². The zero-order valence-electron chi connectivity index (χ0n) is 12.1. The smallest absolute Gasteiger partial charge is 0.146 e. The number of aliphatic hydroxyl groups is 1. The number of hydrogen-bond acceptors (Lipinski definition) is 4. The molecule has 1 saturated heterocycles. The van der Waals surface area contributed by atoms with E-state index in [9.17, 15) is 4.39 Å². The minimum absolute atomic E-state index is 0.145. The van der Waals surface area contributed by atoms with Crippen LogP contribution in [0.3, 0.4) is 0 Å². The predicted octanol–water partition coefficient (Wildman–Crippen LogP) is 1.05. The molecule has 2 N–H and O–H groups in total. The molecule has 4 nitrogen and oxygen atoms in total. The Morgan fingerprint density at radius 2 is 2.10 bits per heavy atom. The molecule has 0 unspecified atom stereocenters. The Hall–Kier alpha value is -1.17. The molecule has 1 aliphatic rings. The van der Waals surface area contributed by atoms with Crippen LogP contribution in [0, 0.1) is 5.82 Å². The van der Waals surface area contributed by atoms with Crippen LogP contribution in [-0.4, -0.2) is 56.4 Å². The number of nitrogens with one attached hydrogen (secondary N) is 1. The first kappa shape index (κ1) is 15.2. The van der Waals surface area contributed by atoms with Crippen LogP contribution in [-0.2, 0) is 6.54 Å². The summed E-state index contributed by atoms with van der Waals surface area (Å²) in [6.45, 7) is 5.09. The molecule has 112 valence electrons. The van der Waals surface area contributed by atoms with Crippen LogP contribution < -0.4 is 10.2 Å². The van der Waals surface area contributed by atoms with Crippen molar-refractivity contribution in [1.29, 1.82) is 0 Å². The quantitative estimate of drug-likeness (QED) is 0.846. The van der Waals surface area contributed by atoms with Gasteiger partial charge in [0.05, 0.1) is 12.3 Å². The van der Waals surface area contributed by atoms with Gasteiger partial charge < -0.3 is 15.3 Å². The van der Waals surface area contributed by atoms with Gasteiger partial charge >= 0.3 is 0 Å². The highest BCUT2D eigenvalue weighted by atomic mass is 19.1. The van der Waals surface area contributed by atoms with Crippen LogP contribution >= 0.6 is 0 Å². The highest BCUT2D eigenvalue weighted by Gasteiger charge is 2.17. The molecule has 1 aliphatic heterocycles. The van der Waals surface area contributed by atoms with Crippen LogP contribution in [0.5, 0.6) is 0 Å². The van der Waals surface area contributed by atoms with Gasteiger partial charge in [0.15, 0.2) is 0 Å². The molecule has 1 aromatic rings. The van der Waals surface area contributed by atoms with Gasteiger partial charge in [-0.3, -0.25) is 4.90 Å². The summed E-state index contributed by atoms with van der Waals surface area (Å²) >= 11 is 0. The maximum atomic E-state index is 14.2. The number of hydrogen-bond donors (Lipinski definition) is 2. The van der Waals surface area contributed by atoms with E-state index in [2.05, 4.69) is 15.1 Å². The van der Waals surface area contributed by atoms with Gasteiger partial charge in [-0.25, -0.2) is 4.39 Å². The van der Waals surface area contributed by atoms with Crippen molar-refractivity contribution in [3.05, 3.63) is 29.6 Å². The van der Waals surface area contributed by atoms with Crippen molar-refractivity contribution in [3.63, 3.8) is 0 Å². The third-order valence-electron chi connectivity index (χ3n) is 3.74. The molecule has 1 heterocycles. The molecular weight excluding hydrogens is 257 g/mol. The summed E-state index contributed by atoms with van der Waals surface area (Å²) in [7, 11) is 1.86. The molecule has 1 fully saturated rings. The number of rotatable bonds is 5. The topological polar surface area (TPSA) is 38.7 Å². The molecule has 0 bridgehead atoms. The van der Waals surface area contributed by atoms with E-state index in [-0.39, 0.29) is 12.4 Å². The highest BCUT2D eigenvalue weighted by Crippen LogP contribution is 2.22.